The minimum atomic E-state index is -3.69. The van der Waals surface area contributed by atoms with E-state index in [1.807, 2.05) is 18.2 Å². The molecule has 2 aromatic carbocycles. The van der Waals surface area contributed by atoms with Crippen molar-refractivity contribution < 1.29 is 17.9 Å². The first-order valence-corrected chi connectivity index (χ1v) is 10.9. The molecule has 0 aliphatic carbocycles. The Morgan fingerprint density at radius 2 is 1.71 bits per heavy atom. The van der Waals surface area contributed by atoms with Crippen molar-refractivity contribution in [3.63, 3.8) is 0 Å². The number of hydrogen-bond donors (Lipinski definition) is 0. The van der Waals surface area contributed by atoms with Crippen molar-refractivity contribution in [2.75, 3.05) is 40.4 Å². The van der Waals surface area contributed by atoms with E-state index in [1.54, 1.807) is 26.4 Å². The highest BCUT2D eigenvalue weighted by Crippen LogP contribution is 2.31. The first-order chi connectivity index (χ1) is 13.4. The lowest BCUT2D eigenvalue weighted by Crippen LogP contribution is -2.48. The molecule has 2 aromatic rings. The number of ether oxygens (including phenoxy) is 2. The van der Waals surface area contributed by atoms with Gasteiger partial charge in [-0.05, 0) is 30.3 Å². The summed E-state index contributed by atoms with van der Waals surface area (Å²) in [4.78, 5) is 2.23. The van der Waals surface area contributed by atoms with Gasteiger partial charge in [0, 0.05) is 38.3 Å². The van der Waals surface area contributed by atoms with Gasteiger partial charge in [-0.1, -0.05) is 29.3 Å². The topological polar surface area (TPSA) is 59.1 Å². The summed E-state index contributed by atoms with van der Waals surface area (Å²) in [6.07, 6.45) is 0. The molecule has 0 saturated carbocycles. The molecule has 1 heterocycles. The maximum atomic E-state index is 12.9. The molecule has 0 N–H and O–H groups in total. The lowest BCUT2D eigenvalue weighted by molar-refractivity contribution is 0.180. The van der Waals surface area contributed by atoms with Crippen molar-refractivity contribution in [1.82, 2.24) is 9.21 Å². The quantitative estimate of drug-likeness (QED) is 0.681. The molecular weight excluding hydrogens is 423 g/mol. The predicted octanol–water partition coefficient (Wildman–Crippen LogP) is 3.52. The van der Waals surface area contributed by atoms with Crippen molar-refractivity contribution >= 4 is 33.2 Å². The summed E-state index contributed by atoms with van der Waals surface area (Å²) in [6, 6.07) is 10.3. The van der Waals surface area contributed by atoms with E-state index in [0.29, 0.717) is 32.7 Å². The van der Waals surface area contributed by atoms with E-state index in [4.69, 9.17) is 32.7 Å². The van der Waals surface area contributed by atoms with Gasteiger partial charge in [0.15, 0.2) is 0 Å². The van der Waals surface area contributed by atoms with Crippen LogP contribution in [0.3, 0.4) is 0 Å². The fourth-order valence-corrected chi connectivity index (χ4v) is 5.35. The van der Waals surface area contributed by atoms with Crippen LogP contribution in [0.5, 0.6) is 11.5 Å². The molecule has 152 valence electrons. The molecule has 9 heteroatoms. The largest absolute Gasteiger partial charge is 0.497 e. The van der Waals surface area contributed by atoms with Crippen LogP contribution in [0.4, 0.5) is 0 Å². The van der Waals surface area contributed by atoms with E-state index < -0.39 is 10.0 Å². The summed E-state index contributed by atoms with van der Waals surface area (Å²) < 4.78 is 38.0. The molecule has 0 atom stereocenters. The van der Waals surface area contributed by atoms with Gasteiger partial charge in [0.1, 0.15) is 16.4 Å². The highest BCUT2D eigenvalue weighted by atomic mass is 35.5. The summed E-state index contributed by atoms with van der Waals surface area (Å²) in [5.41, 5.74) is 0.996. The molecule has 1 aliphatic rings. The van der Waals surface area contributed by atoms with Crippen LogP contribution in [0.2, 0.25) is 10.0 Å². The molecular formula is C19H22Cl2N2O4S. The Morgan fingerprint density at radius 1 is 1.00 bits per heavy atom. The zero-order valence-electron chi connectivity index (χ0n) is 15.7. The average molecular weight is 445 g/mol. The fraction of sp³-hybridized carbons (Fsp3) is 0.368. The molecule has 0 bridgehead atoms. The van der Waals surface area contributed by atoms with Gasteiger partial charge in [-0.15, -0.1) is 0 Å². The second kappa shape index (κ2) is 8.88. The average Bonchev–Trinajstić information content (AvgIpc) is 2.70. The Hall–Kier alpha value is -1.51. The Labute approximate surface area is 175 Å². The Balaban J connectivity index is 1.70. The van der Waals surface area contributed by atoms with Crippen molar-refractivity contribution in [2.24, 2.45) is 0 Å². The molecule has 1 fully saturated rings. The van der Waals surface area contributed by atoms with Crippen molar-refractivity contribution in [1.29, 1.82) is 0 Å². The zero-order chi connectivity index (χ0) is 20.3. The molecule has 6 nitrogen and oxygen atoms in total. The summed E-state index contributed by atoms with van der Waals surface area (Å²) in [7, 11) is -0.439. The molecule has 0 amide bonds. The van der Waals surface area contributed by atoms with Crippen LogP contribution in [0, 0.1) is 0 Å². The first kappa shape index (κ1) is 21.2. The van der Waals surface area contributed by atoms with E-state index >= 15 is 0 Å². The van der Waals surface area contributed by atoms with E-state index in [2.05, 4.69) is 4.90 Å². The van der Waals surface area contributed by atoms with Gasteiger partial charge in [-0.2, -0.15) is 4.31 Å². The molecule has 1 saturated heterocycles. The third-order valence-corrected chi connectivity index (χ3v) is 7.62. The van der Waals surface area contributed by atoms with Crippen molar-refractivity contribution in [3.05, 3.63) is 52.0 Å². The Morgan fingerprint density at radius 3 is 2.36 bits per heavy atom. The van der Waals surface area contributed by atoms with Gasteiger partial charge in [-0.25, -0.2) is 8.42 Å². The molecule has 0 aromatic heterocycles. The summed E-state index contributed by atoms with van der Waals surface area (Å²) >= 11 is 12.1. The van der Waals surface area contributed by atoms with E-state index in [9.17, 15) is 8.42 Å². The van der Waals surface area contributed by atoms with E-state index in [0.717, 1.165) is 17.1 Å². The van der Waals surface area contributed by atoms with Crippen LogP contribution in [-0.2, 0) is 16.6 Å². The third kappa shape index (κ3) is 4.39. The number of rotatable bonds is 6. The lowest BCUT2D eigenvalue weighted by atomic mass is 10.1. The molecule has 1 aliphatic heterocycles. The molecule has 3 rings (SSSR count). The minimum absolute atomic E-state index is 0.0459. The smallest absolute Gasteiger partial charge is 0.244 e. The van der Waals surface area contributed by atoms with E-state index in [1.165, 1.54) is 10.4 Å². The maximum absolute atomic E-state index is 12.9. The van der Waals surface area contributed by atoms with Crippen LogP contribution >= 0.6 is 23.2 Å². The molecule has 28 heavy (non-hydrogen) atoms. The monoisotopic (exact) mass is 444 g/mol. The summed E-state index contributed by atoms with van der Waals surface area (Å²) in [5, 5.41) is 0.291. The van der Waals surface area contributed by atoms with Crippen LogP contribution in [0.1, 0.15) is 5.56 Å². The lowest BCUT2D eigenvalue weighted by Gasteiger charge is -2.34. The predicted molar refractivity (Wildman–Crippen MR) is 110 cm³/mol. The van der Waals surface area contributed by atoms with Crippen LogP contribution < -0.4 is 9.47 Å². The van der Waals surface area contributed by atoms with Gasteiger partial charge in [0.25, 0.3) is 0 Å². The van der Waals surface area contributed by atoms with Gasteiger partial charge >= 0.3 is 0 Å². The Kier molecular flexibility index (Phi) is 6.73. The van der Waals surface area contributed by atoms with Crippen molar-refractivity contribution in [2.45, 2.75) is 11.4 Å². The van der Waals surface area contributed by atoms with Crippen molar-refractivity contribution in [3.8, 4) is 11.5 Å². The van der Waals surface area contributed by atoms with Crippen LogP contribution in [0.25, 0.3) is 0 Å². The van der Waals surface area contributed by atoms with Crippen LogP contribution in [-0.4, -0.2) is 58.0 Å². The number of nitrogens with zero attached hydrogens (tertiary/aromatic N) is 2. The second-order valence-corrected chi connectivity index (χ2v) is 9.10. The zero-order valence-corrected chi connectivity index (χ0v) is 18.0. The first-order valence-electron chi connectivity index (χ1n) is 8.74. The summed E-state index contributed by atoms with van der Waals surface area (Å²) in [5.74, 6) is 1.54. The van der Waals surface area contributed by atoms with Crippen LogP contribution in [0.15, 0.2) is 41.3 Å². The van der Waals surface area contributed by atoms with Gasteiger partial charge in [-0.3, -0.25) is 4.90 Å². The second-order valence-electron chi connectivity index (χ2n) is 6.41. The molecule has 0 unspecified atom stereocenters. The highest BCUT2D eigenvalue weighted by Gasteiger charge is 2.30. The standard InChI is InChI=1S/C19H22Cl2N2O4S/c1-26-15-6-7-17(27-2)14(12-15)13-22-8-10-23(11-9-22)28(24,25)18-5-3-4-16(20)19(18)21/h3-7,12H,8-11,13H2,1-2H3. The Bertz CT molecular complexity index is 945. The SMILES string of the molecule is COc1ccc(OC)c(CN2CCN(S(=O)(=O)c3cccc(Cl)c3Cl)CC2)c1. The normalized spacial score (nSPS) is 16.1. The number of halogens is 2. The number of methoxy groups -OCH3 is 2. The molecule has 0 radical (unpaired) electrons. The number of sulfonamides is 1. The minimum Gasteiger partial charge on any atom is -0.497 e. The van der Waals surface area contributed by atoms with Gasteiger partial charge in [0.05, 0.1) is 24.3 Å². The van der Waals surface area contributed by atoms with Gasteiger partial charge < -0.3 is 9.47 Å². The molecule has 0 spiro atoms. The van der Waals surface area contributed by atoms with E-state index in [-0.39, 0.29) is 14.9 Å². The highest BCUT2D eigenvalue weighted by molar-refractivity contribution is 7.89. The number of piperazine rings is 1. The van der Waals surface area contributed by atoms with Gasteiger partial charge in [0.2, 0.25) is 10.0 Å². The number of benzene rings is 2. The number of hydrogen-bond acceptors (Lipinski definition) is 5. The summed E-state index contributed by atoms with van der Waals surface area (Å²) in [6.45, 7) is 2.58. The third-order valence-electron chi connectivity index (χ3n) is 4.75. The fourth-order valence-electron chi connectivity index (χ4n) is 3.20. The maximum Gasteiger partial charge on any atom is 0.244 e.